The Morgan fingerprint density at radius 3 is 2.06 bits per heavy atom. The molecule has 1 aromatic heterocycles. The molecule has 0 unspecified atom stereocenters. The monoisotopic (exact) mass is 445 g/mol. The first kappa shape index (κ1) is 18.7. The Labute approximate surface area is 191 Å². The zero-order valence-corrected chi connectivity index (χ0v) is 18.7. The van der Waals surface area contributed by atoms with Gasteiger partial charge in [0.2, 0.25) is 9.84 Å². The number of rotatable bonds is 1. The zero-order valence-electron chi connectivity index (χ0n) is 17.9. The van der Waals surface area contributed by atoms with E-state index in [1.54, 1.807) is 12.1 Å². The fraction of sp³-hybridized carbons (Fsp3) is 0.0345. The summed E-state index contributed by atoms with van der Waals surface area (Å²) in [6.07, 6.45) is 0. The Balaban J connectivity index is 1.46. The van der Waals surface area contributed by atoms with Crippen molar-refractivity contribution in [2.24, 2.45) is 7.05 Å². The average molecular weight is 446 g/mol. The molecule has 5 aromatic carbocycles. The van der Waals surface area contributed by atoms with E-state index >= 15 is 0 Å². The fourth-order valence-corrected chi connectivity index (χ4v) is 6.98. The molecule has 1 aliphatic rings. The molecule has 6 aromatic rings. The Bertz CT molecular complexity index is 1890. The number of hydrogen-bond donors (Lipinski definition) is 0. The molecule has 0 saturated heterocycles. The molecule has 33 heavy (non-hydrogen) atoms. The summed E-state index contributed by atoms with van der Waals surface area (Å²) in [5.74, 6) is 0. The van der Waals surface area contributed by atoms with Crippen molar-refractivity contribution < 1.29 is 8.42 Å². The average Bonchev–Trinajstić information content (AvgIpc) is 3.25. The lowest BCUT2D eigenvalue weighted by Gasteiger charge is -2.06. The van der Waals surface area contributed by atoms with Crippen LogP contribution in [0.1, 0.15) is 0 Å². The number of nitrogens with zero attached hydrogens (tertiary/aromatic N) is 1. The van der Waals surface area contributed by atoms with Gasteiger partial charge in [-0.1, -0.05) is 60.7 Å². The molecule has 0 amide bonds. The van der Waals surface area contributed by atoms with Crippen LogP contribution in [0.25, 0.3) is 54.8 Å². The van der Waals surface area contributed by atoms with Crippen LogP contribution in [0.4, 0.5) is 0 Å². The van der Waals surface area contributed by atoms with Crippen molar-refractivity contribution in [2.45, 2.75) is 9.79 Å². The zero-order chi connectivity index (χ0) is 22.3. The maximum atomic E-state index is 13.2. The van der Waals surface area contributed by atoms with E-state index in [1.165, 1.54) is 27.1 Å². The molecule has 0 saturated carbocycles. The van der Waals surface area contributed by atoms with Crippen molar-refractivity contribution in [2.75, 3.05) is 0 Å². The minimum absolute atomic E-state index is 0.394. The Morgan fingerprint density at radius 1 is 0.576 bits per heavy atom. The van der Waals surface area contributed by atoms with Crippen molar-refractivity contribution in [3.63, 3.8) is 0 Å². The molecule has 0 aliphatic carbocycles. The van der Waals surface area contributed by atoms with Crippen LogP contribution < -0.4 is 0 Å². The van der Waals surface area contributed by atoms with Crippen LogP contribution in [0, 0.1) is 0 Å². The summed E-state index contributed by atoms with van der Waals surface area (Å²) in [7, 11) is -1.40. The SMILES string of the molecule is Cn1c2ccc(-c3ccc4c(c3)S(=O)(=O)c3ccccc3-4)cc2c2cc3ccccc3cc21. The highest BCUT2D eigenvalue weighted by Crippen LogP contribution is 2.44. The molecule has 7 rings (SSSR count). The van der Waals surface area contributed by atoms with Crippen LogP contribution in [-0.4, -0.2) is 13.0 Å². The molecule has 2 heterocycles. The van der Waals surface area contributed by atoms with E-state index in [2.05, 4.69) is 66.2 Å². The van der Waals surface area contributed by atoms with Gasteiger partial charge in [0.05, 0.1) is 9.79 Å². The molecular formula is C29H19NO2S. The number of aryl methyl sites for hydroxylation is 1. The molecule has 4 heteroatoms. The number of hydrogen-bond acceptors (Lipinski definition) is 2. The van der Waals surface area contributed by atoms with E-state index < -0.39 is 9.84 Å². The molecular weight excluding hydrogens is 426 g/mol. The predicted molar refractivity (Wildman–Crippen MR) is 134 cm³/mol. The summed E-state index contributed by atoms with van der Waals surface area (Å²) in [5, 5.41) is 4.81. The van der Waals surface area contributed by atoms with Gasteiger partial charge < -0.3 is 4.57 Å². The van der Waals surface area contributed by atoms with Gasteiger partial charge in [-0.3, -0.25) is 0 Å². The van der Waals surface area contributed by atoms with Gasteiger partial charge in [-0.2, -0.15) is 0 Å². The van der Waals surface area contributed by atoms with Gasteiger partial charge in [0.1, 0.15) is 0 Å². The highest BCUT2D eigenvalue weighted by molar-refractivity contribution is 7.92. The predicted octanol–water partition coefficient (Wildman–Crippen LogP) is 6.96. The second-order valence-corrected chi connectivity index (χ2v) is 10.6. The smallest absolute Gasteiger partial charge is 0.207 e. The van der Waals surface area contributed by atoms with Gasteiger partial charge in [0.15, 0.2) is 0 Å². The third-order valence-electron chi connectivity index (χ3n) is 6.94. The van der Waals surface area contributed by atoms with Gasteiger partial charge in [-0.25, -0.2) is 8.42 Å². The molecule has 0 N–H and O–H groups in total. The fourth-order valence-electron chi connectivity index (χ4n) is 5.26. The number of sulfone groups is 1. The van der Waals surface area contributed by atoms with Gasteiger partial charge in [0, 0.05) is 40.0 Å². The molecule has 1 aliphatic heterocycles. The van der Waals surface area contributed by atoms with Crippen molar-refractivity contribution in [3.05, 3.63) is 97.1 Å². The summed E-state index contributed by atoms with van der Waals surface area (Å²) in [6, 6.07) is 32.3. The van der Waals surface area contributed by atoms with Crippen molar-refractivity contribution in [1.29, 1.82) is 0 Å². The molecule has 158 valence electrons. The minimum atomic E-state index is -3.50. The lowest BCUT2D eigenvalue weighted by Crippen LogP contribution is -1.96. The van der Waals surface area contributed by atoms with E-state index in [-0.39, 0.29) is 0 Å². The Kier molecular flexibility index (Phi) is 3.58. The standard InChI is InChI=1S/C29H19NO2S/c1-30-26-13-11-20(15-24(26)25-14-18-6-2-3-7-19(18)16-27(25)30)21-10-12-23-22-8-4-5-9-28(22)33(31,32)29(23)17-21/h2-17H,1H3. The number of fused-ring (bicyclic) bond motifs is 7. The summed E-state index contributed by atoms with van der Waals surface area (Å²) < 4.78 is 28.6. The molecule has 0 bridgehead atoms. The van der Waals surface area contributed by atoms with Gasteiger partial charge in [-0.05, 0) is 58.3 Å². The molecule has 0 spiro atoms. The van der Waals surface area contributed by atoms with Crippen LogP contribution in [0.5, 0.6) is 0 Å². The summed E-state index contributed by atoms with van der Waals surface area (Å²) in [5.41, 5.74) is 5.84. The quantitative estimate of drug-likeness (QED) is 0.274. The number of benzene rings is 5. The van der Waals surface area contributed by atoms with Gasteiger partial charge in [-0.15, -0.1) is 0 Å². The second kappa shape index (κ2) is 6.33. The van der Waals surface area contributed by atoms with Crippen LogP contribution in [0.3, 0.4) is 0 Å². The van der Waals surface area contributed by atoms with Crippen molar-refractivity contribution in [3.8, 4) is 22.3 Å². The molecule has 3 nitrogen and oxygen atoms in total. The number of aromatic nitrogens is 1. The first-order valence-electron chi connectivity index (χ1n) is 10.9. The van der Waals surface area contributed by atoms with E-state index in [4.69, 9.17) is 0 Å². The molecule has 0 radical (unpaired) electrons. The lowest BCUT2D eigenvalue weighted by molar-refractivity contribution is 0.598. The lowest BCUT2D eigenvalue weighted by atomic mass is 9.99. The van der Waals surface area contributed by atoms with Crippen LogP contribution in [-0.2, 0) is 16.9 Å². The van der Waals surface area contributed by atoms with Crippen LogP contribution >= 0.6 is 0 Å². The Hall–Kier alpha value is -3.89. The Morgan fingerprint density at radius 2 is 1.21 bits per heavy atom. The summed E-state index contributed by atoms with van der Waals surface area (Å²) in [4.78, 5) is 0.791. The minimum Gasteiger partial charge on any atom is -0.344 e. The van der Waals surface area contributed by atoms with E-state index in [0.29, 0.717) is 9.79 Å². The summed E-state index contributed by atoms with van der Waals surface area (Å²) in [6.45, 7) is 0. The normalized spacial score (nSPS) is 14.1. The largest absolute Gasteiger partial charge is 0.344 e. The van der Waals surface area contributed by atoms with Crippen molar-refractivity contribution in [1.82, 2.24) is 4.57 Å². The van der Waals surface area contributed by atoms with E-state index in [0.717, 1.165) is 27.8 Å². The van der Waals surface area contributed by atoms with Crippen LogP contribution in [0.2, 0.25) is 0 Å². The molecule has 0 atom stereocenters. The van der Waals surface area contributed by atoms with Crippen LogP contribution in [0.15, 0.2) is 107 Å². The third kappa shape index (κ3) is 2.47. The summed E-state index contributed by atoms with van der Waals surface area (Å²) >= 11 is 0. The van der Waals surface area contributed by atoms with E-state index in [1.807, 2.05) is 30.3 Å². The first-order chi connectivity index (χ1) is 16.0. The van der Waals surface area contributed by atoms with Crippen molar-refractivity contribution >= 4 is 42.4 Å². The first-order valence-corrected chi connectivity index (χ1v) is 12.4. The van der Waals surface area contributed by atoms with Gasteiger partial charge in [0.25, 0.3) is 0 Å². The third-order valence-corrected chi connectivity index (χ3v) is 8.80. The second-order valence-electron chi connectivity index (χ2n) is 8.72. The highest BCUT2D eigenvalue weighted by atomic mass is 32.2. The molecule has 0 fully saturated rings. The topological polar surface area (TPSA) is 39.1 Å². The van der Waals surface area contributed by atoms with Gasteiger partial charge >= 0.3 is 0 Å². The highest BCUT2D eigenvalue weighted by Gasteiger charge is 2.32. The maximum Gasteiger partial charge on any atom is 0.207 e. The maximum absolute atomic E-state index is 13.2. The van der Waals surface area contributed by atoms with E-state index in [9.17, 15) is 8.42 Å².